The molecule has 1 N–H and O–H groups in total. The molecule has 1 aliphatic heterocycles. The molecule has 0 amide bonds. The van der Waals surface area contributed by atoms with Crippen LogP contribution in [0.5, 0.6) is 5.88 Å². The third kappa shape index (κ3) is 3.32. The summed E-state index contributed by atoms with van der Waals surface area (Å²) in [7, 11) is 0. The number of fused-ring (bicyclic) bond motifs is 3. The van der Waals surface area contributed by atoms with Crippen molar-refractivity contribution < 1.29 is 4.74 Å². The van der Waals surface area contributed by atoms with Gasteiger partial charge < -0.3 is 10.1 Å². The van der Waals surface area contributed by atoms with E-state index in [4.69, 9.17) is 27.9 Å². The van der Waals surface area contributed by atoms with Crippen LogP contribution in [0.4, 0.5) is 5.69 Å². The Morgan fingerprint density at radius 2 is 1.96 bits per heavy atom. The quantitative estimate of drug-likeness (QED) is 0.584. The van der Waals surface area contributed by atoms with E-state index in [9.17, 15) is 0 Å². The number of hydrogen-bond donors (Lipinski definition) is 1. The second kappa shape index (κ2) is 7.31. The Morgan fingerprint density at radius 1 is 1.12 bits per heavy atom. The summed E-state index contributed by atoms with van der Waals surface area (Å²) in [6, 6.07) is 13.2. The van der Waals surface area contributed by atoms with Crippen LogP contribution in [0, 0.1) is 0 Å². The Bertz CT molecular complexity index is 970. The van der Waals surface area contributed by atoms with E-state index in [-0.39, 0.29) is 0 Å². The van der Waals surface area contributed by atoms with Gasteiger partial charge in [0.25, 0.3) is 0 Å². The number of nitrogens with one attached hydrogen (secondary N) is 1. The van der Waals surface area contributed by atoms with Crippen molar-refractivity contribution in [1.29, 1.82) is 0 Å². The first-order valence-electron chi connectivity index (χ1n) is 8.00. The van der Waals surface area contributed by atoms with Crippen molar-refractivity contribution in [2.75, 3.05) is 11.1 Å². The van der Waals surface area contributed by atoms with Crippen molar-refractivity contribution >= 4 is 40.7 Å². The van der Waals surface area contributed by atoms with Gasteiger partial charge in [-0.05, 0) is 24.0 Å². The Hall–Kier alpha value is -2.02. The van der Waals surface area contributed by atoms with Crippen molar-refractivity contribution in [3.8, 4) is 17.1 Å². The Balaban J connectivity index is 1.83. The molecule has 132 valence electrons. The molecular weight excluding hydrogens is 391 g/mol. The first-order chi connectivity index (χ1) is 12.7. The molecular formula is C18H14Cl2N4OS. The van der Waals surface area contributed by atoms with Gasteiger partial charge in [-0.3, -0.25) is 0 Å². The number of ether oxygens (including phenoxy) is 1. The summed E-state index contributed by atoms with van der Waals surface area (Å²) in [5, 5.41) is 13.5. The maximum atomic E-state index is 6.18. The van der Waals surface area contributed by atoms with Crippen LogP contribution >= 0.6 is 35.0 Å². The lowest BCUT2D eigenvalue weighted by molar-refractivity contribution is 0.225. The largest absolute Gasteiger partial charge is 0.448 e. The fraction of sp³-hybridized carbons (Fsp3) is 0.167. The lowest BCUT2D eigenvalue weighted by atomic mass is 10.1. The zero-order valence-electron chi connectivity index (χ0n) is 13.7. The van der Waals surface area contributed by atoms with E-state index in [1.807, 2.05) is 37.3 Å². The molecule has 26 heavy (non-hydrogen) atoms. The third-order valence-corrected chi connectivity index (χ3v) is 5.31. The molecule has 0 aliphatic carbocycles. The van der Waals surface area contributed by atoms with Crippen molar-refractivity contribution in [3.63, 3.8) is 0 Å². The predicted molar refractivity (Wildman–Crippen MR) is 105 cm³/mol. The van der Waals surface area contributed by atoms with Gasteiger partial charge in [-0.15, -0.1) is 10.2 Å². The Labute approximate surface area is 165 Å². The molecule has 8 heteroatoms. The smallest absolute Gasteiger partial charge is 0.247 e. The van der Waals surface area contributed by atoms with E-state index in [1.165, 1.54) is 11.8 Å². The van der Waals surface area contributed by atoms with E-state index in [0.717, 1.165) is 22.6 Å². The molecule has 2 aromatic carbocycles. The third-order valence-electron chi connectivity index (χ3n) is 3.85. The molecule has 0 saturated carbocycles. The summed E-state index contributed by atoms with van der Waals surface area (Å²) in [5.74, 6) is 1.29. The normalized spacial score (nSPS) is 15.3. The van der Waals surface area contributed by atoms with Gasteiger partial charge in [0.1, 0.15) is 0 Å². The number of benzene rings is 2. The van der Waals surface area contributed by atoms with E-state index >= 15 is 0 Å². The fourth-order valence-electron chi connectivity index (χ4n) is 2.66. The summed E-state index contributed by atoms with van der Waals surface area (Å²) in [4.78, 5) is 4.55. The lowest BCUT2D eigenvalue weighted by Gasteiger charge is -2.19. The van der Waals surface area contributed by atoms with Gasteiger partial charge in [0.15, 0.2) is 11.9 Å². The molecule has 0 fully saturated rings. The molecule has 1 atom stereocenters. The molecule has 4 rings (SSSR count). The number of aromatic nitrogens is 3. The van der Waals surface area contributed by atoms with Crippen LogP contribution in [0.3, 0.4) is 0 Å². The summed E-state index contributed by atoms with van der Waals surface area (Å²) >= 11 is 13.7. The van der Waals surface area contributed by atoms with Crippen LogP contribution in [0.2, 0.25) is 10.0 Å². The average molecular weight is 405 g/mol. The topological polar surface area (TPSA) is 59.9 Å². The van der Waals surface area contributed by atoms with Gasteiger partial charge in [-0.1, -0.05) is 66.2 Å². The fourth-order valence-corrected chi connectivity index (χ4v) is 3.47. The van der Waals surface area contributed by atoms with E-state index in [2.05, 4.69) is 20.5 Å². The number of anilines is 1. The van der Waals surface area contributed by atoms with Crippen molar-refractivity contribution in [2.45, 2.75) is 18.3 Å². The number of hydrogen-bond acceptors (Lipinski definition) is 6. The number of para-hydroxylation sites is 1. The molecule has 1 aliphatic rings. The molecule has 0 radical (unpaired) electrons. The number of halogens is 2. The zero-order valence-corrected chi connectivity index (χ0v) is 16.1. The van der Waals surface area contributed by atoms with Crippen LogP contribution < -0.4 is 10.1 Å². The van der Waals surface area contributed by atoms with Gasteiger partial charge in [0.05, 0.1) is 10.0 Å². The lowest BCUT2D eigenvalue weighted by Crippen LogP contribution is -2.17. The SMILES string of the molecule is CCSc1nnc2c(n1)O[C@H](c1ccc(Cl)c(Cl)c1)Nc1ccccc1-2. The molecule has 0 spiro atoms. The Kier molecular flexibility index (Phi) is 4.89. The van der Waals surface area contributed by atoms with E-state index in [0.29, 0.717) is 26.8 Å². The standard InChI is InChI=1S/C18H14Cl2N4OS/c1-2-26-18-22-17-15(23-24-18)11-5-3-4-6-14(11)21-16(25-17)10-7-8-12(19)13(20)9-10/h3-9,16,21H,2H2,1H3/t16-/m1/s1. The highest BCUT2D eigenvalue weighted by molar-refractivity contribution is 7.99. The van der Waals surface area contributed by atoms with Crippen LogP contribution in [0.1, 0.15) is 18.7 Å². The molecule has 0 unspecified atom stereocenters. The summed E-state index contributed by atoms with van der Waals surface area (Å²) in [6.45, 7) is 2.04. The molecule has 0 saturated heterocycles. The van der Waals surface area contributed by atoms with Crippen LogP contribution in [0.15, 0.2) is 47.6 Å². The van der Waals surface area contributed by atoms with Gasteiger partial charge in [0, 0.05) is 16.8 Å². The van der Waals surface area contributed by atoms with Gasteiger partial charge in [0.2, 0.25) is 11.0 Å². The van der Waals surface area contributed by atoms with Gasteiger partial charge in [-0.2, -0.15) is 4.98 Å². The first kappa shape index (κ1) is 17.4. The second-order valence-electron chi connectivity index (χ2n) is 5.54. The molecule has 1 aromatic heterocycles. The highest BCUT2D eigenvalue weighted by Crippen LogP contribution is 2.40. The predicted octanol–water partition coefficient (Wildman–Crippen LogP) is 5.46. The Morgan fingerprint density at radius 3 is 2.77 bits per heavy atom. The van der Waals surface area contributed by atoms with Gasteiger partial charge in [-0.25, -0.2) is 0 Å². The minimum atomic E-state index is -0.483. The van der Waals surface area contributed by atoms with E-state index in [1.54, 1.807) is 12.1 Å². The molecule has 3 aromatic rings. The molecule has 2 heterocycles. The van der Waals surface area contributed by atoms with Crippen LogP contribution in [-0.4, -0.2) is 20.9 Å². The maximum Gasteiger partial charge on any atom is 0.247 e. The highest BCUT2D eigenvalue weighted by atomic mass is 35.5. The highest BCUT2D eigenvalue weighted by Gasteiger charge is 2.26. The van der Waals surface area contributed by atoms with Crippen molar-refractivity contribution in [2.24, 2.45) is 0 Å². The maximum absolute atomic E-state index is 6.18. The summed E-state index contributed by atoms with van der Waals surface area (Å²) in [6.07, 6.45) is -0.483. The second-order valence-corrected chi connectivity index (χ2v) is 7.59. The van der Waals surface area contributed by atoms with Crippen molar-refractivity contribution in [1.82, 2.24) is 15.2 Å². The summed E-state index contributed by atoms with van der Waals surface area (Å²) < 4.78 is 6.17. The minimum absolute atomic E-state index is 0.435. The number of nitrogens with zero attached hydrogens (tertiary/aromatic N) is 3. The number of rotatable bonds is 3. The number of thioether (sulfide) groups is 1. The van der Waals surface area contributed by atoms with E-state index < -0.39 is 6.23 Å². The van der Waals surface area contributed by atoms with Crippen molar-refractivity contribution in [3.05, 3.63) is 58.1 Å². The van der Waals surface area contributed by atoms with Gasteiger partial charge >= 0.3 is 0 Å². The molecule has 5 nitrogen and oxygen atoms in total. The monoisotopic (exact) mass is 404 g/mol. The zero-order chi connectivity index (χ0) is 18.1. The van der Waals surface area contributed by atoms with Crippen LogP contribution in [0.25, 0.3) is 11.3 Å². The minimum Gasteiger partial charge on any atom is -0.448 e. The summed E-state index contributed by atoms with van der Waals surface area (Å²) in [5.41, 5.74) is 3.22. The van der Waals surface area contributed by atoms with Crippen LogP contribution in [-0.2, 0) is 0 Å². The average Bonchev–Trinajstić information content (AvgIpc) is 2.81. The first-order valence-corrected chi connectivity index (χ1v) is 9.75. The molecule has 0 bridgehead atoms.